The van der Waals surface area contributed by atoms with E-state index < -0.39 is 33.2 Å². The fourth-order valence-electron chi connectivity index (χ4n) is 4.49. The molecular formula is C32H31O9PS. The third kappa shape index (κ3) is 7.35. The molecule has 0 aliphatic rings. The number of esters is 3. The van der Waals surface area contributed by atoms with Crippen LogP contribution in [0.25, 0.3) is 0 Å². The molecule has 0 saturated carbocycles. The number of carbonyl (C=O) groups is 3. The van der Waals surface area contributed by atoms with Crippen molar-refractivity contribution in [1.82, 2.24) is 0 Å². The summed E-state index contributed by atoms with van der Waals surface area (Å²) in [5, 5.41) is -1.19. The second kappa shape index (κ2) is 14.2. The van der Waals surface area contributed by atoms with Crippen LogP contribution in [0.3, 0.4) is 0 Å². The van der Waals surface area contributed by atoms with E-state index in [0.29, 0.717) is 33.4 Å². The van der Waals surface area contributed by atoms with Crippen LogP contribution in [0.5, 0.6) is 0 Å². The van der Waals surface area contributed by atoms with Crippen molar-refractivity contribution in [3.8, 4) is 0 Å². The van der Waals surface area contributed by atoms with Crippen molar-refractivity contribution in [2.75, 3.05) is 21.3 Å². The average molecular weight is 623 g/mol. The summed E-state index contributed by atoms with van der Waals surface area (Å²) >= 11 is 0. The lowest BCUT2D eigenvalue weighted by Crippen LogP contribution is -2.29. The Morgan fingerprint density at radius 3 is 1.19 bits per heavy atom. The zero-order chi connectivity index (χ0) is 31.8. The molecule has 0 radical (unpaired) electrons. The number of ether oxygens (including phenoxy) is 3. The number of carbonyl (C=O) groups excluding carboxylic acids is 3. The number of benzene rings is 4. The highest BCUT2D eigenvalue weighted by molar-refractivity contribution is 7.85. The lowest BCUT2D eigenvalue weighted by Gasteiger charge is -2.35. The molecule has 0 amide bonds. The number of aryl methyl sites for hydroxylation is 1. The second-order valence-corrected chi connectivity index (χ2v) is 11.5. The Labute approximate surface area is 252 Å². The van der Waals surface area contributed by atoms with Gasteiger partial charge < -0.3 is 14.2 Å². The largest absolute Gasteiger partial charge is 0.465 e. The summed E-state index contributed by atoms with van der Waals surface area (Å²) < 4.78 is 44.6. The number of hydrogen-bond donors (Lipinski definition) is 1. The van der Waals surface area contributed by atoms with Gasteiger partial charge in [0.15, 0.2) is 0 Å². The maximum Gasteiger partial charge on any atom is 0.338 e. The van der Waals surface area contributed by atoms with E-state index in [0.717, 1.165) is 5.56 Å². The summed E-state index contributed by atoms with van der Waals surface area (Å²) in [6.07, 6.45) is 0. The molecule has 0 aromatic heterocycles. The number of hydrogen-bond acceptors (Lipinski definition) is 8. The molecule has 0 aliphatic heterocycles. The summed E-state index contributed by atoms with van der Waals surface area (Å²) in [4.78, 5) is 38.0. The van der Waals surface area contributed by atoms with Crippen LogP contribution in [-0.2, 0) is 29.5 Å². The van der Waals surface area contributed by atoms with Gasteiger partial charge in [-0.2, -0.15) is 8.42 Å². The van der Waals surface area contributed by atoms with E-state index in [4.69, 9.17) is 18.8 Å². The molecule has 0 heterocycles. The smallest absolute Gasteiger partial charge is 0.338 e. The lowest BCUT2D eigenvalue weighted by atomic mass is 9.78. The van der Waals surface area contributed by atoms with E-state index in [1.807, 2.05) is 6.92 Å². The molecule has 1 atom stereocenters. The summed E-state index contributed by atoms with van der Waals surface area (Å²) in [5.41, 5.74) is 3.44. The third-order valence-corrected chi connectivity index (χ3v) is 8.39. The zero-order valence-corrected chi connectivity index (χ0v) is 25.9. The minimum Gasteiger partial charge on any atom is -0.465 e. The van der Waals surface area contributed by atoms with Crippen LogP contribution in [-0.4, -0.2) is 52.2 Å². The minimum atomic E-state index is -4.02. The average Bonchev–Trinajstić information content (AvgIpc) is 3.03. The molecule has 1 N–H and O–H groups in total. The summed E-state index contributed by atoms with van der Waals surface area (Å²) in [6, 6.07) is 26.7. The van der Waals surface area contributed by atoms with Crippen LogP contribution in [0.15, 0.2) is 102 Å². The Kier molecular flexibility index (Phi) is 10.9. The van der Waals surface area contributed by atoms with Crippen LogP contribution in [0.2, 0.25) is 0 Å². The van der Waals surface area contributed by atoms with Crippen molar-refractivity contribution in [2.24, 2.45) is 0 Å². The van der Waals surface area contributed by atoms with Crippen molar-refractivity contribution in [1.29, 1.82) is 0 Å². The molecule has 4 aromatic rings. The molecule has 0 spiro atoms. The SMILES string of the molecule is COC(=O)c1ccccc1C(P)(c1ccccc1C(=O)OC)c1ccccc1C(=O)OC.Cc1ccc(S(=O)(=O)O)cc1. The standard InChI is InChI=1S/C25H23O6P.C7H8O3S/c1-29-22(26)16-10-4-7-13-19(16)25(32,20-14-8-5-11-17(20)23(27)30-2)21-15-9-6-12-18(21)24(28)31-3;1-6-2-4-7(5-3-6)11(8,9)10/h4-15H,32H2,1-3H3;2-5H,1H3,(H,8,9,10). The minimum absolute atomic E-state index is 0.0666. The van der Waals surface area contributed by atoms with Gasteiger partial charge in [0.1, 0.15) is 0 Å². The molecule has 9 nitrogen and oxygen atoms in total. The number of methoxy groups -OCH3 is 3. The van der Waals surface area contributed by atoms with E-state index in [9.17, 15) is 22.8 Å². The van der Waals surface area contributed by atoms with Crippen molar-refractivity contribution >= 4 is 37.3 Å². The lowest BCUT2D eigenvalue weighted by molar-refractivity contribution is 0.0592. The highest BCUT2D eigenvalue weighted by Gasteiger charge is 2.40. The van der Waals surface area contributed by atoms with E-state index >= 15 is 0 Å². The fraction of sp³-hybridized carbons (Fsp3) is 0.156. The predicted molar refractivity (Wildman–Crippen MR) is 164 cm³/mol. The molecule has 0 aliphatic carbocycles. The Morgan fingerprint density at radius 2 is 0.907 bits per heavy atom. The molecule has 43 heavy (non-hydrogen) atoms. The second-order valence-electron chi connectivity index (χ2n) is 9.21. The summed E-state index contributed by atoms with van der Waals surface area (Å²) in [7, 11) is 2.62. The van der Waals surface area contributed by atoms with Gasteiger partial charge >= 0.3 is 17.9 Å². The van der Waals surface area contributed by atoms with Gasteiger partial charge in [0.2, 0.25) is 0 Å². The van der Waals surface area contributed by atoms with Gasteiger partial charge in [-0.1, -0.05) is 72.3 Å². The van der Waals surface area contributed by atoms with Gasteiger partial charge in [0, 0.05) is 0 Å². The van der Waals surface area contributed by atoms with Crippen molar-refractivity contribution in [3.05, 3.63) is 136 Å². The van der Waals surface area contributed by atoms with Crippen molar-refractivity contribution < 1.29 is 41.6 Å². The zero-order valence-electron chi connectivity index (χ0n) is 23.9. The molecule has 4 aromatic carbocycles. The topological polar surface area (TPSA) is 133 Å². The van der Waals surface area contributed by atoms with Gasteiger partial charge in [-0.3, -0.25) is 4.55 Å². The first-order chi connectivity index (χ1) is 20.4. The van der Waals surface area contributed by atoms with E-state index in [1.165, 1.54) is 33.5 Å². The summed E-state index contributed by atoms with van der Waals surface area (Å²) in [6.45, 7) is 1.84. The Hall–Kier alpha value is -4.37. The molecule has 0 bridgehead atoms. The summed E-state index contributed by atoms with van der Waals surface area (Å²) in [5.74, 6) is -1.63. The van der Waals surface area contributed by atoms with Gasteiger partial charge in [0.05, 0.1) is 48.1 Å². The molecule has 0 saturated heterocycles. The van der Waals surface area contributed by atoms with Crippen LogP contribution in [0.4, 0.5) is 0 Å². The Bertz CT molecular complexity index is 1590. The Morgan fingerprint density at radius 1 is 0.605 bits per heavy atom. The first-order valence-electron chi connectivity index (χ1n) is 12.8. The maximum atomic E-state index is 12.7. The molecule has 224 valence electrons. The van der Waals surface area contributed by atoms with E-state index in [1.54, 1.807) is 84.9 Å². The van der Waals surface area contributed by atoms with E-state index in [-0.39, 0.29) is 4.90 Å². The van der Waals surface area contributed by atoms with Crippen LogP contribution >= 0.6 is 9.24 Å². The first-order valence-corrected chi connectivity index (χ1v) is 14.8. The van der Waals surface area contributed by atoms with Gasteiger partial charge in [-0.05, 0) is 53.9 Å². The van der Waals surface area contributed by atoms with E-state index in [2.05, 4.69) is 9.24 Å². The fourth-order valence-corrected chi connectivity index (χ4v) is 5.73. The quantitative estimate of drug-likeness (QED) is 0.0938. The van der Waals surface area contributed by atoms with Crippen LogP contribution < -0.4 is 0 Å². The van der Waals surface area contributed by atoms with Crippen molar-refractivity contribution in [3.63, 3.8) is 0 Å². The molecular weight excluding hydrogens is 591 g/mol. The van der Waals surface area contributed by atoms with Gasteiger partial charge in [-0.25, -0.2) is 14.4 Å². The Balaban J connectivity index is 0.000000386. The van der Waals surface area contributed by atoms with Gasteiger partial charge in [0.25, 0.3) is 10.1 Å². The highest BCUT2D eigenvalue weighted by atomic mass is 32.2. The number of rotatable bonds is 7. The molecule has 0 fully saturated rings. The predicted octanol–water partition coefficient (Wildman–Crippen LogP) is 5.46. The molecule has 4 rings (SSSR count). The first kappa shape index (κ1) is 33.1. The normalized spacial score (nSPS) is 11.0. The van der Waals surface area contributed by atoms with Crippen LogP contribution in [0.1, 0.15) is 53.3 Å². The molecule has 11 heteroatoms. The van der Waals surface area contributed by atoms with Crippen LogP contribution in [0, 0.1) is 6.92 Å². The maximum absolute atomic E-state index is 12.7. The highest BCUT2D eigenvalue weighted by Crippen LogP contribution is 2.49. The molecule has 1 unspecified atom stereocenters. The third-order valence-electron chi connectivity index (χ3n) is 6.59. The van der Waals surface area contributed by atoms with Gasteiger partial charge in [-0.15, -0.1) is 9.24 Å². The monoisotopic (exact) mass is 622 g/mol. The van der Waals surface area contributed by atoms with Crippen molar-refractivity contribution in [2.45, 2.75) is 17.0 Å².